The molecule has 0 saturated carbocycles. The number of hydrogen-bond acceptors (Lipinski definition) is 4. The molecule has 0 bridgehead atoms. The highest BCUT2D eigenvalue weighted by Crippen LogP contribution is 2.31. The Balaban J connectivity index is 1.54. The van der Waals surface area contributed by atoms with Crippen molar-refractivity contribution >= 4 is 0 Å². The summed E-state index contributed by atoms with van der Waals surface area (Å²) in [7, 11) is 0. The molecule has 4 atom stereocenters. The van der Waals surface area contributed by atoms with Crippen LogP contribution in [0.3, 0.4) is 0 Å². The molecule has 4 heteroatoms. The minimum Gasteiger partial charge on any atom is -0.389 e. The summed E-state index contributed by atoms with van der Waals surface area (Å²) < 4.78 is 12.4. The number of ether oxygens (including phenoxy) is 2. The highest BCUT2D eigenvalue weighted by molar-refractivity contribution is 5.18. The van der Waals surface area contributed by atoms with Crippen LogP contribution in [-0.4, -0.2) is 41.0 Å². The maximum atomic E-state index is 11.3. The quantitative estimate of drug-likeness (QED) is 0.425. The van der Waals surface area contributed by atoms with E-state index >= 15 is 0 Å². The van der Waals surface area contributed by atoms with Gasteiger partial charge in [0.25, 0.3) is 0 Å². The van der Waals surface area contributed by atoms with Crippen molar-refractivity contribution in [3.8, 4) is 0 Å². The van der Waals surface area contributed by atoms with Gasteiger partial charge in [0.2, 0.25) is 0 Å². The Labute approximate surface area is 197 Å². The third-order valence-electron chi connectivity index (χ3n) is 6.13. The lowest BCUT2D eigenvalue weighted by molar-refractivity contribution is -0.0410. The largest absolute Gasteiger partial charge is 0.389 e. The monoisotopic (exact) mass is 443 g/mol. The van der Waals surface area contributed by atoms with Crippen molar-refractivity contribution in [3.05, 3.63) is 120 Å². The van der Waals surface area contributed by atoms with Gasteiger partial charge in [0.1, 0.15) is 0 Å². The molecule has 1 heterocycles. The molecule has 4 nitrogen and oxygen atoms in total. The summed E-state index contributed by atoms with van der Waals surface area (Å²) in [6.45, 7) is 6.23. The summed E-state index contributed by atoms with van der Waals surface area (Å²) in [5, 5.41) is 11.3. The molecule has 0 spiro atoms. The van der Waals surface area contributed by atoms with Crippen LogP contribution in [0.5, 0.6) is 0 Å². The van der Waals surface area contributed by atoms with E-state index in [9.17, 15) is 5.11 Å². The Bertz CT molecular complexity index is 922. The minimum absolute atomic E-state index is 0.189. The van der Waals surface area contributed by atoms with Gasteiger partial charge in [-0.15, -0.1) is 6.58 Å². The predicted octanol–water partition coefficient (Wildman–Crippen LogP) is 4.98. The molecule has 33 heavy (non-hydrogen) atoms. The molecule has 0 aromatic heterocycles. The Morgan fingerprint density at radius 2 is 1.30 bits per heavy atom. The highest BCUT2D eigenvalue weighted by Gasteiger charge is 2.46. The second-order valence-corrected chi connectivity index (χ2v) is 8.60. The first-order valence-corrected chi connectivity index (χ1v) is 11.6. The summed E-state index contributed by atoms with van der Waals surface area (Å²) in [5.74, 6) is 0. The van der Waals surface area contributed by atoms with Gasteiger partial charge in [-0.3, -0.25) is 4.90 Å². The van der Waals surface area contributed by atoms with Crippen molar-refractivity contribution < 1.29 is 14.6 Å². The Morgan fingerprint density at radius 1 is 0.788 bits per heavy atom. The molecule has 4 rings (SSSR count). The van der Waals surface area contributed by atoms with Crippen LogP contribution in [0.25, 0.3) is 0 Å². The molecule has 172 valence electrons. The van der Waals surface area contributed by atoms with Crippen molar-refractivity contribution in [2.45, 2.75) is 50.5 Å². The van der Waals surface area contributed by atoms with Gasteiger partial charge in [-0.2, -0.15) is 0 Å². The van der Waals surface area contributed by atoms with E-state index in [1.54, 1.807) is 0 Å². The van der Waals surface area contributed by atoms with E-state index in [2.05, 4.69) is 72.1 Å². The highest BCUT2D eigenvalue weighted by atomic mass is 16.6. The van der Waals surface area contributed by atoms with Gasteiger partial charge in [-0.1, -0.05) is 97.1 Å². The number of nitrogens with zero attached hydrogens (tertiary/aromatic N) is 1. The molecule has 0 aliphatic carbocycles. The maximum Gasteiger partial charge on any atom is 0.0994 e. The Kier molecular flexibility index (Phi) is 8.45. The number of aliphatic hydroxyl groups is 1. The van der Waals surface area contributed by atoms with Gasteiger partial charge in [0, 0.05) is 13.1 Å². The normalized spacial score (nSPS) is 22.5. The zero-order chi connectivity index (χ0) is 22.9. The summed E-state index contributed by atoms with van der Waals surface area (Å²) in [6.07, 6.45) is 1.28. The molecular weight excluding hydrogens is 410 g/mol. The van der Waals surface area contributed by atoms with E-state index < -0.39 is 6.10 Å². The summed E-state index contributed by atoms with van der Waals surface area (Å²) in [5.41, 5.74) is 3.54. The summed E-state index contributed by atoms with van der Waals surface area (Å²) in [4.78, 5) is 2.33. The zero-order valence-corrected chi connectivity index (χ0v) is 19.0. The van der Waals surface area contributed by atoms with E-state index in [1.165, 1.54) is 11.1 Å². The average Bonchev–Trinajstić information content (AvgIpc) is 3.16. The fourth-order valence-electron chi connectivity index (χ4n) is 4.54. The van der Waals surface area contributed by atoms with Crippen LogP contribution in [0.1, 0.15) is 23.1 Å². The van der Waals surface area contributed by atoms with Crippen LogP contribution < -0.4 is 0 Å². The standard InChI is InChI=1S/C29H33NO3/c1-2-12-26-29(31)28(27(33-26)22-32-21-25-17-10-5-11-18-25)30(19-23-13-6-3-7-14-23)20-24-15-8-4-9-16-24/h2-11,13-18,26-29,31H,1,12,19-22H2/t26-,27+,28+,29-/m0/s1. The maximum absolute atomic E-state index is 11.3. The second-order valence-electron chi connectivity index (χ2n) is 8.60. The van der Waals surface area contributed by atoms with Crippen molar-refractivity contribution in [3.63, 3.8) is 0 Å². The van der Waals surface area contributed by atoms with Crippen LogP contribution in [0.4, 0.5) is 0 Å². The second kappa shape index (κ2) is 11.9. The molecule has 1 aliphatic rings. The molecule has 1 saturated heterocycles. The number of rotatable bonds is 11. The smallest absolute Gasteiger partial charge is 0.0994 e. The lowest BCUT2D eigenvalue weighted by Crippen LogP contribution is -2.48. The van der Waals surface area contributed by atoms with Gasteiger partial charge in [0.05, 0.1) is 37.6 Å². The fraction of sp³-hybridized carbons (Fsp3) is 0.310. The molecule has 0 amide bonds. The molecular formula is C29H33NO3. The first kappa shape index (κ1) is 23.4. The van der Waals surface area contributed by atoms with E-state index in [4.69, 9.17) is 9.47 Å². The Hall–Kier alpha value is -2.76. The van der Waals surface area contributed by atoms with Gasteiger partial charge in [0.15, 0.2) is 0 Å². The minimum atomic E-state index is -0.624. The van der Waals surface area contributed by atoms with E-state index in [0.29, 0.717) is 19.6 Å². The topological polar surface area (TPSA) is 41.9 Å². The third kappa shape index (κ3) is 6.40. The number of aliphatic hydroxyl groups excluding tert-OH is 1. The molecule has 3 aromatic carbocycles. The van der Waals surface area contributed by atoms with Crippen molar-refractivity contribution in [2.24, 2.45) is 0 Å². The first-order valence-electron chi connectivity index (χ1n) is 11.6. The van der Waals surface area contributed by atoms with Gasteiger partial charge < -0.3 is 14.6 Å². The van der Waals surface area contributed by atoms with Gasteiger partial charge in [-0.25, -0.2) is 0 Å². The van der Waals surface area contributed by atoms with Gasteiger partial charge >= 0.3 is 0 Å². The predicted molar refractivity (Wildman–Crippen MR) is 131 cm³/mol. The fourth-order valence-corrected chi connectivity index (χ4v) is 4.54. The van der Waals surface area contributed by atoms with Crippen molar-refractivity contribution in [1.82, 2.24) is 4.90 Å². The molecule has 0 radical (unpaired) electrons. The zero-order valence-electron chi connectivity index (χ0n) is 19.0. The number of hydrogen-bond donors (Lipinski definition) is 1. The molecule has 3 aromatic rings. The summed E-state index contributed by atoms with van der Waals surface area (Å²) in [6, 6.07) is 30.7. The first-order chi connectivity index (χ1) is 16.2. The van der Waals surface area contributed by atoms with Crippen molar-refractivity contribution in [1.29, 1.82) is 0 Å². The molecule has 1 aliphatic heterocycles. The van der Waals surface area contributed by atoms with Crippen LogP contribution >= 0.6 is 0 Å². The van der Waals surface area contributed by atoms with Gasteiger partial charge in [-0.05, 0) is 23.1 Å². The molecule has 1 N–H and O–H groups in total. The molecule has 1 fully saturated rings. The SMILES string of the molecule is C=CC[C@@H]1O[C@H](COCc2ccccc2)[C@@H](N(Cc2ccccc2)Cc2ccccc2)[C@H]1O. The van der Waals surface area contributed by atoms with Crippen LogP contribution in [0, 0.1) is 0 Å². The number of benzene rings is 3. The van der Waals surface area contributed by atoms with Crippen LogP contribution in [-0.2, 0) is 29.2 Å². The Morgan fingerprint density at radius 3 is 1.82 bits per heavy atom. The van der Waals surface area contributed by atoms with Crippen LogP contribution in [0.2, 0.25) is 0 Å². The lowest BCUT2D eigenvalue weighted by atomic mass is 9.99. The lowest BCUT2D eigenvalue weighted by Gasteiger charge is -2.34. The van der Waals surface area contributed by atoms with E-state index in [-0.39, 0.29) is 18.2 Å². The van der Waals surface area contributed by atoms with Crippen molar-refractivity contribution in [2.75, 3.05) is 6.61 Å². The van der Waals surface area contributed by atoms with E-state index in [1.807, 2.05) is 36.4 Å². The average molecular weight is 444 g/mol. The van der Waals surface area contributed by atoms with E-state index in [0.717, 1.165) is 18.7 Å². The molecule has 0 unspecified atom stereocenters. The summed E-state index contributed by atoms with van der Waals surface area (Å²) >= 11 is 0. The third-order valence-corrected chi connectivity index (χ3v) is 6.13. The van der Waals surface area contributed by atoms with Crippen LogP contribution in [0.15, 0.2) is 104 Å².